The molecule has 1 atom stereocenters. The lowest BCUT2D eigenvalue weighted by atomic mass is 9.99. The van der Waals surface area contributed by atoms with Crippen molar-refractivity contribution in [3.63, 3.8) is 0 Å². The van der Waals surface area contributed by atoms with Crippen molar-refractivity contribution in [1.29, 1.82) is 0 Å². The summed E-state index contributed by atoms with van der Waals surface area (Å²) in [6.45, 7) is 8.73. The van der Waals surface area contributed by atoms with Crippen molar-refractivity contribution in [2.75, 3.05) is 11.9 Å². The van der Waals surface area contributed by atoms with Gasteiger partial charge in [0.15, 0.2) is 11.2 Å². The second kappa shape index (κ2) is 5.16. The summed E-state index contributed by atoms with van der Waals surface area (Å²) in [5, 5.41) is 9.93. The van der Waals surface area contributed by atoms with Crippen molar-refractivity contribution in [2.45, 2.75) is 25.1 Å². The first-order chi connectivity index (χ1) is 9.76. The number of carbonyl (C=O) groups excluding carboxylic acids is 1. The number of alkyl halides is 3. The minimum atomic E-state index is -4.66. The molecule has 1 aromatic carbocycles. The van der Waals surface area contributed by atoms with Gasteiger partial charge in [0.2, 0.25) is 0 Å². The molecule has 2 rings (SSSR count). The molecular weight excluding hydrogens is 285 g/mol. The van der Waals surface area contributed by atoms with Crippen LogP contribution in [0.1, 0.15) is 18.9 Å². The van der Waals surface area contributed by atoms with Gasteiger partial charge in [-0.25, -0.2) is 4.85 Å². The van der Waals surface area contributed by atoms with E-state index < -0.39 is 28.9 Å². The molecule has 1 aliphatic rings. The quantitative estimate of drug-likeness (QED) is 0.829. The fraction of sp³-hybridized carbons (Fsp3) is 0.385. The van der Waals surface area contributed by atoms with Crippen LogP contribution in [0.15, 0.2) is 28.4 Å². The lowest BCUT2D eigenvalue weighted by molar-refractivity contribution is -0.136. The van der Waals surface area contributed by atoms with Crippen LogP contribution in [-0.2, 0) is 11.0 Å². The van der Waals surface area contributed by atoms with E-state index in [9.17, 15) is 18.0 Å². The lowest BCUT2D eigenvalue weighted by Crippen LogP contribution is -2.36. The number of nitrogens with zero attached hydrogens (tertiary/aromatic N) is 3. The second-order valence-electron chi connectivity index (χ2n) is 4.78. The van der Waals surface area contributed by atoms with Gasteiger partial charge < -0.3 is 5.32 Å². The average molecular weight is 296 g/mol. The largest absolute Gasteiger partial charge is 0.407 e. The Morgan fingerprint density at radius 2 is 2.19 bits per heavy atom. The summed E-state index contributed by atoms with van der Waals surface area (Å²) in [4.78, 5) is 14.9. The summed E-state index contributed by atoms with van der Waals surface area (Å²) in [5.41, 5.74) is -2.67. The van der Waals surface area contributed by atoms with E-state index in [1.54, 1.807) is 6.92 Å². The van der Waals surface area contributed by atoms with Gasteiger partial charge in [0.25, 0.3) is 5.91 Å². The van der Waals surface area contributed by atoms with Crippen molar-refractivity contribution in [3.8, 4) is 0 Å². The van der Waals surface area contributed by atoms with Gasteiger partial charge >= 0.3 is 6.18 Å². The van der Waals surface area contributed by atoms with Gasteiger partial charge in [0, 0.05) is 12.1 Å². The zero-order valence-corrected chi connectivity index (χ0v) is 11.0. The molecule has 110 valence electrons. The summed E-state index contributed by atoms with van der Waals surface area (Å²) in [6.07, 6.45) is -4.25. The lowest BCUT2D eigenvalue weighted by Gasteiger charge is -2.18. The monoisotopic (exact) mass is 296 g/mol. The van der Waals surface area contributed by atoms with Crippen molar-refractivity contribution in [1.82, 2.24) is 0 Å². The summed E-state index contributed by atoms with van der Waals surface area (Å²) in [7, 11) is 0. The van der Waals surface area contributed by atoms with Crippen LogP contribution in [0.3, 0.4) is 0 Å². The Morgan fingerprint density at radius 3 is 2.71 bits per heavy atom. The first-order valence-corrected chi connectivity index (χ1v) is 6.05. The van der Waals surface area contributed by atoms with Gasteiger partial charge in [-0.05, 0) is 19.1 Å². The van der Waals surface area contributed by atoms with E-state index in [1.165, 1.54) is 6.07 Å². The molecule has 0 spiro atoms. The molecule has 1 aliphatic heterocycles. The van der Waals surface area contributed by atoms with Crippen LogP contribution in [-0.4, -0.2) is 18.0 Å². The highest BCUT2D eigenvalue weighted by atomic mass is 19.4. The van der Waals surface area contributed by atoms with E-state index in [4.69, 9.17) is 6.57 Å². The number of azo groups is 1. The molecule has 0 saturated carbocycles. The maximum atomic E-state index is 12.8. The predicted molar refractivity (Wildman–Crippen MR) is 69.1 cm³/mol. The van der Waals surface area contributed by atoms with Crippen LogP contribution in [0.25, 0.3) is 4.85 Å². The molecule has 0 radical (unpaired) electrons. The molecule has 21 heavy (non-hydrogen) atoms. The molecule has 8 heteroatoms. The molecule has 1 N–H and O–H groups in total. The van der Waals surface area contributed by atoms with Crippen molar-refractivity contribution in [2.24, 2.45) is 10.2 Å². The maximum Gasteiger partial charge on any atom is 0.407 e. The van der Waals surface area contributed by atoms with Crippen LogP contribution in [0.2, 0.25) is 0 Å². The Labute approximate surface area is 118 Å². The highest BCUT2D eigenvalue weighted by molar-refractivity contribution is 5.98. The first-order valence-electron chi connectivity index (χ1n) is 6.05. The van der Waals surface area contributed by atoms with Crippen molar-refractivity contribution >= 4 is 17.3 Å². The molecule has 0 saturated heterocycles. The van der Waals surface area contributed by atoms with Crippen molar-refractivity contribution < 1.29 is 18.0 Å². The highest BCUT2D eigenvalue weighted by Crippen LogP contribution is 2.38. The van der Waals surface area contributed by atoms with Gasteiger partial charge in [-0.3, -0.25) is 4.79 Å². The minimum absolute atomic E-state index is 0.0250. The molecule has 0 fully saturated rings. The molecule has 1 unspecified atom stereocenters. The fourth-order valence-corrected chi connectivity index (χ4v) is 1.89. The Morgan fingerprint density at radius 1 is 1.48 bits per heavy atom. The molecule has 0 aliphatic carbocycles. The van der Waals surface area contributed by atoms with Crippen LogP contribution in [0.4, 0.5) is 24.5 Å². The highest BCUT2D eigenvalue weighted by Gasteiger charge is 2.37. The Bertz CT molecular complexity index is 648. The number of amides is 1. The molecule has 0 bridgehead atoms. The van der Waals surface area contributed by atoms with E-state index in [0.29, 0.717) is 13.0 Å². The van der Waals surface area contributed by atoms with Crippen LogP contribution in [0.5, 0.6) is 0 Å². The first kappa shape index (κ1) is 15.0. The van der Waals surface area contributed by atoms with Gasteiger partial charge in [-0.1, -0.05) is 6.07 Å². The second-order valence-corrected chi connectivity index (χ2v) is 4.78. The average Bonchev–Trinajstić information content (AvgIpc) is 2.86. The van der Waals surface area contributed by atoms with Crippen LogP contribution in [0, 0.1) is 6.57 Å². The predicted octanol–water partition coefficient (Wildman–Crippen LogP) is 3.81. The summed E-state index contributed by atoms with van der Waals surface area (Å²) in [6, 6.07) is 3.04. The van der Waals surface area contributed by atoms with Crippen molar-refractivity contribution in [3.05, 3.63) is 35.2 Å². The van der Waals surface area contributed by atoms with E-state index in [-0.39, 0.29) is 5.69 Å². The number of rotatable bonds is 2. The number of hydrogen-bond acceptors (Lipinski definition) is 3. The topological polar surface area (TPSA) is 58.2 Å². The molecule has 5 nitrogen and oxygen atoms in total. The summed E-state index contributed by atoms with van der Waals surface area (Å²) < 4.78 is 38.5. The number of halogens is 3. The smallest absolute Gasteiger partial charge is 0.324 e. The van der Waals surface area contributed by atoms with Gasteiger partial charge in [0.05, 0.1) is 18.7 Å². The third-order valence-corrected chi connectivity index (χ3v) is 3.16. The van der Waals surface area contributed by atoms with E-state index >= 15 is 0 Å². The zero-order chi connectivity index (χ0) is 15.7. The van der Waals surface area contributed by atoms with Crippen LogP contribution < -0.4 is 5.32 Å². The maximum absolute atomic E-state index is 12.8. The van der Waals surface area contributed by atoms with Gasteiger partial charge in [-0.15, -0.1) is 0 Å². The number of nitrogens with one attached hydrogen (secondary N) is 1. The van der Waals surface area contributed by atoms with Crippen LogP contribution >= 0.6 is 0 Å². The fourth-order valence-electron chi connectivity index (χ4n) is 1.89. The summed E-state index contributed by atoms with van der Waals surface area (Å²) in [5.74, 6) is -0.521. The Kier molecular flexibility index (Phi) is 3.68. The molecule has 1 aromatic rings. The number of anilines is 1. The van der Waals surface area contributed by atoms with Gasteiger partial charge in [-0.2, -0.15) is 23.4 Å². The van der Waals surface area contributed by atoms with Gasteiger partial charge in [0.1, 0.15) is 0 Å². The Hall–Kier alpha value is -2.43. The molecule has 1 amide bonds. The molecule has 0 aromatic heterocycles. The van der Waals surface area contributed by atoms with E-state index in [2.05, 4.69) is 20.4 Å². The number of hydrogen-bond donors (Lipinski definition) is 1. The van der Waals surface area contributed by atoms with E-state index in [1.807, 2.05) is 0 Å². The third kappa shape index (κ3) is 3.02. The van der Waals surface area contributed by atoms with E-state index in [0.717, 1.165) is 12.1 Å². The third-order valence-electron chi connectivity index (χ3n) is 3.16. The molecular formula is C13H11F3N4O. The molecule has 1 heterocycles. The summed E-state index contributed by atoms with van der Waals surface area (Å²) >= 11 is 0. The Balaban J connectivity index is 2.28. The number of benzene rings is 1. The standard InChI is InChI=1S/C13H11F3N4O/c1-12(5-6-18-20-12)11(21)19-8-3-4-10(17-2)9(7-8)13(14,15)16/h3-4,7H,5-6H2,1H3,(H,19,21). The minimum Gasteiger partial charge on any atom is -0.324 e. The zero-order valence-electron chi connectivity index (χ0n) is 11.0. The SMILES string of the molecule is [C-]#[N+]c1ccc(NC(=O)C2(C)CCN=N2)cc1C(F)(F)F. The number of carbonyl (C=O) groups is 1. The normalized spacial score (nSPS) is 21.1.